The summed E-state index contributed by atoms with van der Waals surface area (Å²) in [6.07, 6.45) is 2.63. The summed E-state index contributed by atoms with van der Waals surface area (Å²) in [5, 5.41) is 8.38. The number of aromatic carboxylic acids is 1. The lowest BCUT2D eigenvalue weighted by molar-refractivity contribution is 0.0656. The van der Waals surface area contributed by atoms with Crippen LogP contribution in [0.1, 0.15) is 23.9 Å². The first-order valence-corrected chi connectivity index (χ1v) is 6.84. The minimum atomic E-state index is -3.75. The Morgan fingerprint density at radius 2 is 2.17 bits per heavy atom. The lowest BCUT2D eigenvalue weighted by Crippen LogP contribution is -2.35. The molecular weight excluding hydrogens is 258 g/mol. The van der Waals surface area contributed by atoms with E-state index in [4.69, 9.17) is 9.52 Å². The molecule has 18 heavy (non-hydrogen) atoms. The van der Waals surface area contributed by atoms with Gasteiger partial charge in [0.25, 0.3) is 10.0 Å². The highest BCUT2D eigenvalue weighted by atomic mass is 32.2. The average molecular weight is 271 g/mol. The van der Waals surface area contributed by atoms with Crippen molar-refractivity contribution in [1.82, 2.24) is 4.31 Å². The van der Waals surface area contributed by atoms with Gasteiger partial charge in [0.15, 0.2) is 0 Å². The molecule has 1 aliphatic heterocycles. The zero-order valence-corrected chi connectivity index (χ0v) is 10.6. The number of hydrogen-bond acceptors (Lipinski definition) is 4. The molecule has 0 spiro atoms. The highest BCUT2D eigenvalue weighted by Crippen LogP contribution is 2.22. The number of sulfonamides is 1. The first-order valence-electron chi connectivity index (χ1n) is 5.40. The molecule has 0 atom stereocenters. The molecule has 1 aliphatic rings. The Morgan fingerprint density at radius 3 is 2.72 bits per heavy atom. The maximum Gasteiger partial charge on any atom is 0.371 e. The van der Waals surface area contributed by atoms with Gasteiger partial charge in [-0.05, 0) is 25.5 Å². The summed E-state index contributed by atoms with van der Waals surface area (Å²) in [6.45, 7) is 2.54. The second-order valence-corrected chi connectivity index (χ2v) is 5.97. The molecule has 7 heteroatoms. The molecule has 2 heterocycles. The molecule has 2 rings (SSSR count). The minimum Gasteiger partial charge on any atom is -0.475 e. The van der Waals surface area contributed by atoms with Gasteiger partial charge < -0.3 is 9.52 Å². The van der Waals surface area contributed by atoms with Crippen LogP contribution in [0, 0.1) is 0 Å². The molecule has 1 aromatic heterocycles. The van der Waals surface area contributed by atoms with E-state index in [0.29, 0.717) is 19.5 Å². The molecule has 0 bridgehead atoms. The molecule has 0 aromatic carbocycles. The Bertz CT molecular complexity index is 599. The van der Waals surface area contributed by atoms with Crippen LogP contribution in [0.5, 0.6) is 0 Å². The van der Waals surface area contributed by atoms with Crippen LogP contribution in [-0.2, 0) is 10.0 Å². The lowest BCUT2D eigenvalue weighted by atomic mass is 10.2. The smallest absolute Gasteiger partial charge is 0.371 e. The first kappa shape index (κ1) is 12.8. The molecular formula is C11H13NO5S. The molecule has 0 aliphatic carbocycles. The van der Waals surface area contributed by atoms with Gasteiger partial charge in [0.2, 0.25) is 10.9 Å². The fraction of sp³-hybridized carbons (Fsp3) is 0.364. The third-order valence-electron chi connectivity index (χ3n) is 2.68. The summed E-state index contributed by atoms with van der Waals surface area (Å²) in [5.41, 5.74) is 0.967. The SMILES string of the molecule is CC1=CCCN(S(=O)(=O)c2ccc(C(=O)O)o2)C1. The summed E-state index contributed by atoms with van der Waals surface area (Å²) >= 11 is 0. The van der Waals surface area contributed by atoms with E-state index in [-0.39, 0.29) is 10.9 Å². The summed E-state index contributed by atoms with van der Waals surface area (Å²) in [7, 11) is -3.75. The molecule has 0 saturated carbocycles. The second kappa shape index (κ2) is 4.58. The zero-order valence-electron chi connectivity index (χ0n) is 9.79. The first-order chi connectivity index (χ1) is 8.41. The number of carbonyl (C=O) groups is 1. The zero-order chi connectivity index (χ0) is 13.3. The quantitative estimate of drug-likeness (QED) is 0.838. The van der Waals surface area contributed by atoms with Crippen LogP contribution in [0.3, 0.4) is 0 Å². The van der Waals surface area contributed by atoms with Crippen LogP contribution in [-0.4, -0.2) is 36.9 Å². The van der Waals surface area contributed by atoms with Gasteiger partial charge in [-0.25, -0.2) is 13.2 Å². The normalized spacial score (nSPS) is 17.5. The van der Waals surface area contributed by atoms with Crippen molar-refractivity contribution in [2.75, 3.05) is 13.1 Å². The van der Waals surface area contributed by atoms with Crippen LogP contribution >= 0.6 is 0 Å². The minimum absolute atomic E-state index is 0.311. The Labute approximate surface area is 105 Å². The van der Waals surface area contributed by atoms with Gasteiger partial charge in [-0.1, -0.05) is 11.6 Å². The maximum absolute atomic E-state index is 12.2. The van der Waals surface area contributed by atoms with Gasteiger partial charge in [-0.2, -0.15) is 4.31 Å². The Hall–Kier alpha value is -1.60. The number of hydrogen-bond donors (Lipinski definition) is 1. The molecule has 0 fully saturated rings. The topological polar surface area (TPSA) is 87.8 Å². The largest absolute Gasteiger partial charge is 0.475 e. The fourth-order valence-corrected chi connectivity index (χ4v) is 3.19. The van der Waals surface area contributed by atoms with Crippen LogP contribution in [0.2, 0.25) is 0 Å². The van der Waals surface area contributed by atoms with Gasteiger partial charge in [-0.3, -0.25) is 0 Å². The Balaban J connectivity index is 2.30. The highest BCUT2D eigenvalue weighted by Gasteiger charge is 2.29. The van der Waals surface area contributed by atoms with E-state index >= 15 is 0 Å². The number of nitrogens with zero attached hydrogens (tertiary/aromatic N) is 1. The van der Waals surface area contributed by atoms with E-state index in [1.807, 2.05) is 13.0 Å². The van der Waals surface area contributed by atoms with E-state index in [2.05, 4.69) is 0 Å². The molecule has 0 radical (unpaired) electrons. The fourth-order valence-electron chi connectivity index (χ4n) is 1.78. The van der Waals surface area contributed by atoms with Gasteiger partial charge in [-0.15, -0.1) is 0 Å². The number of carboxylic acids is 1. The second-order valence-electron chi connectivity index (χ2n) is 4.10. The van der Waals surface area contributed by atoms with Gasteiger partial charge in [0, 0.05) is 13.1 Å². The van der Waals surface area contributed by atoms with E-state index in [0.717, 1.165) is 11.6 Å². The summed E-state index contributed by atoms with van der Waals surface area (Å²) < 4.78 is 30.5. The molecule has 98 valence electrons. The summed E-state index contributed by atoms with van der Waals surface area (Å²) in [5.74, 6) is -1.66. The van der Waals surface area contributed by atoms with Crippen molar-refractivity contribution in [2.24, 2.45) is 0 Å². The number of carboxylic acid groups (broad SMARTS) is 1. The molecule has 1 N–H and O–H groups in total. The highest BCUT2D eigenvalue weighted by molar-refractivity contribution is 7.89. The van der Waals surface area contributed by atoms with Gasteiger partial charge in [0.05, 0.1) is 0 Å². The lowest BCUT2D eigenvalue weighted by Gasteiger charge is -2.24. The predicted molar refractivity (Wildman–Crippen MR) is 62.8 cm³/mol. The van der Waals surface area contributed by atoms with E-state index in [1.165, 1.54) is 10.4 Å². The molecule has 0 saturated heterocycles. The van der Waals surface area contributed by atoms with Crippen LogP contribution < -0.4 is 0 Å². The van der Waals surface area contributed by atoms with Crippen molar-refractivity contribution in [3.63, 3.8) is 0 Å². The molecule has 1 aromatic rings. The van der Waals surface area contributed by atoms with Crippen molar-refractivity contribution >= 4 is 16.0 Å². The standard InChI is InChI=1S/C11H13NO5S/c1-8-3-2-6-12(7-8)18(15,16)10-5-4-9(17-10)11(13)14/h3-5H,2,6-7H2,1H3,(H,13,14). The van der Waals surface area contributed by atoms with Gasteiger partial charge >= 0.3 is 5.97 Å². The molecule has 6 nitrogen and oxygen atoms in total. The molecule has 0 unspecified atom stereocenters. The van der Waals surface area contributed by atoms with Crippen LogP contribution in [0.15, 0.2) is 33.3 Å². The van der Waals surface area contributed by atoms with Crippen molar-refractivity contribution in [1.29, 1.82) is 0 Å². The van der Waals surface area contributed by atoms with E-state index in [1.54, 1.807) is 0 Å². The average Bonchev–Trinajstić information content (AvgIpc) is 2.79. The predicted octanol–water partition coefficient (Wildman–Crippen LogP) is 1.32. The van der Waals surface area contributed by atoms with Gasteiger partial charge in [0.1, 0.15) is 0 Å². The van der Waals surface area contributed by atoms with Crippen LogP contribution in [0.4, 0.5) is 0 Å². The van der Waals surface area contributed by atoms with Crippen molar-refractivity contribution in [3.8, 4) is 0 Å². The Morgan fingerprint density at radius 1 is 1.44 bits per heavy atom. The molecule has 0 amide bonds. The summed E-state index contributed by atoms with van der Waals surface area (Å²) in [6, 6.07) is 2.31. The third kappa shape index (κ3) is 2.32. The van der Waals surface area contributed by atoms with Crippen molar-refractivity contribution in [2.45, 2.75) is 18.4 Å². The van der Waals surface area contributed by atoms with Crippen molar-refractivity contribution < 1.29 is 22.7 Å². The number of furan rings is 1. The maximum atomic E-state index is 12.2. The monoisotopic (exact) mass is 271 g/mol. The van der Waals surface area contributed by atoms with E-state index in [9.17, 15) is 13.2 Å². The third-order valence-corrected chi connectivity index (χ3v) is 4.40. The van der Waals surface area contributed by atoms with Crippen molar-refractivity contribution in [3.05, 3.63) is 29.5 Å². The van der Waals surface area contributed by atoms with Crippen LogP contribution in [0.25, 0.3) is 0 Å². The number of rotatable bonds is 3. The van der Waals surface area contributed by atoms with E-state index < -0.39 is 16.0 Å². The summed E-state index contributed by atoms with van der Waals surface area (Å²) in [4.78, 5) is 10.7. The Kier molecular flexibility index (Phi) is 3.27.